The lowest BCUT2D eigenvalue weighted by molar-refractivity contribution is 0.569. The Bertz CT molecular complexity index is 648. The van der Waals surface area contributed by atoms with Gasteiger partial charge in [0.25, 0.3) is 10.0 Å². The molecule has 1 atom stereocenters. The zero-order valence-electron chi connectivity index (χ0n) is 12.1. The van der Waals surface area contributed by atoms with Gasteiger partial charge in [-0.25, -0.2) is 13.1 Å². The zero-order valence-corrected chi connectivity index (χ0v) is 14.6. The van der Waals surface area contributed by atoms with Gasteiger partial charge >= 0.3 is 0 Å². The van der Waals surface area contributed by atoms with Gasteiger partial charge in [-0.1, -0.05) is 6.92 Å². The van der Waals surface area contributed by atoms with E-state index in [2.05, 4.69) is 17.0 Å². The van der Waals surface area contributed by atoms with Crippen molar-refractivity contribution in [2.75, 3.05) is 6.54 Å². The van der Waals surface area contributed by atoms with Gasteiger partial charge in [0.15, 0.2) is 0 Å². The van der Waals surface area contributed by atoms with Crippen molar-refractivity contribution in [3.8, 4) is 0 Å². The van der Waals surface area contributed by atoms with Crippen LogP contribution in [0.15, 0.2) is 32.5 Å². The van der Waals surface area contributed by atoms with Crippen molar-refractivity contribution in [3.63, 3.8) is 0 Å². The van der Waals surface area contributed by atoms with Crippen LogP contribution >= 0.6 is 22.7 Å². The van der Waals surface area contributed by atoms with Gasteiger partial charge in [0.1, 0.15) is 4.21 Å². The molecule has 0 aliphatic heterocycles. The van der Waals surface area contributed by atoms with E-state index in [1.54, 1.807) is 17.4 Å². The van der Waals surface area contributed by atoms with E-state index in [4.69, 9.17) is 0 Å². The van der Waals surface area contributed by atoms with Gasteiger partial charge in [-0.05, 0) is 59.3 Å². The molecular weight excluding hydrogens is 324 g/mol. The van der Waals surface area contributed by atoms with Crippen LogP contribution < -0.4 is 10.0 Å². The molecule has 2 aromatic heterocycles. The summed E-state index contributed by atoms with van der Waals surface area (Å²) in [6.07, 6.45) is 1.06. The molecule has 2 heterocycles. The third-order valence-corrected chi connectivity index (χ3v) is 6.76. The maximum Gasteiger partial charge on any atom is 0.250 e. The van der Waals surface area contributed by atoms with Crippen LogP contribution in [0.25, 0.3) is 0 Å². The highest BCUT2D eigenvalue weighted by Gasteiger charge is 2.20. The molecule has 0 bridgehead atoms. The highest BCUT2D eigenvalue weighted by atomic mass is 32.2. The molecule has 0 aliphatic rings. The Labute approximate surface area is 134 Å². The van der Waals surface area contributed by atoms with Crippen molar-refractivity contribution in [1.82, 2.24) is 10.0 Å². The monoisotopic (exact) mass is 344 g/mol. The summed E-state index contributed by atoms with van der Waals surface area (Å²) in [4.78, 5) is 0. The summed E-state index contributed by atoms with van der Waals surface area (Å²) < 4.78 is 27.8. The van der Waals surface area contributed by atoms with Crippen molar-refractivity contribution < 1.29 is 8.42 Å². The molecule has 7 heteroatoms. The van der Waals surface area contributed by atoms with Crippen LogP contribution in [-0.2, 0) is 16.6 Å². The normalized spacial score (nSPS) is 13.4. The minimum atomic E-state index is -3.45. The summed E-state index contributed by atoms with van der Waals surface area (Å²) in [5, 5.41) is 9.07. The van der Waals surface area contributed by atoms with Gasteiger partial charge in [-0.2, -0.15) is 11.3 Å². The van der Waals surface area contributed by atoms with Crippen LogP contribution in [0.5, 0.6) is 0 Å². The van der Waals surface area contributed by atoms with Gasteiger partial charge < -0.3 is 5.32 Å². The van der Waals surface area contributed by atoms with Crippen molar-refractivity contribution in [2.24, 2.45) is 0 Å². The standard InChI is InChI=1S/C14H20N2O2S3/c1-3-5-15-8-12-7-14(20-9-12)21(17,18)16-11(2)13-4-6-19-10-13/h4,6-7,9-11,15-16H,3,5,8H2,1-2H3. The van der Waals surface area contributed by atoms with Gasteiger partial charge in [-0.3, -0.25) is 0 Å². The molecule has 0 saturated heterocycles. The molecule has 0 fully saturated rings. The third kappa shape index (κ3) is 4.62. The first-order valence-corrected chi connectivity index (χ1v) is 10.2. The second-order valence-electron chi connectivity index (χ2n) is 4.85. The summed E-state index contributed by atoms with van der Waals surface area (Å²) in [6, 6.07) is 3.47. The van der Waals surface area contributed by atoms with E-state index in [0.29, 0.717) is 10.8 Å². The van der Waals surface area contributed by atoms with Crippen molar-refractivity contribution in [3.05, 3.63) is 39.4 Å². The van der Waals surface area contributed by atoms with Gasteiger partial charge in [0, 0.05) is 12.6 Å². The van der Waals surface area contributed by atoms with E-state index in [-0.39, 0.29) is 6.04 Å². The average molecular weight is 345 g/mol. The Kier molecular flexibility index (Phi) is 5.95. The first kappa shape index (κ1) is 16.6. The lowest BCUT2D eigenvalue weighted by Gasteiger charge is -2.11. The second kappa shape index (κ2) is 7.51. The molecule has 0 aromatic carbocycles. The van der Waals surface area contributed by atoms with Crippen LogP contribution in [0.1, 0.15) is 37.4 Å². The second-order valence-corrected chi connectivity index (χ2v) is 8.48. The Balaban J connectivity index is 2.02. The molecule has 0 aliphatic carbocycles. The van der Waals surface area contributed by atoms with Crippen LogP contribution in [0.2, 0.25) is 0 Å². The predicted molar refractivity (Wildman–Crippen MR) is 89.4 cm³/mol. The van der Waals surface area contributed by atoms with Crippen molar-refractivity contribution in [1.29, 1.82) is 0 Å². The molecule has 4 nitrogen and oxygen atoms in total. The molecule has 0 saturated carbocycles. The van der Waals surface area contributed by atoms with Crippen LogP contribution in [0, 0.1) is 0 Å². The Morgan fingerprint density at radius 3 is 2.81 bits per heavy atom. The molecular formula is C14H20N2O2S3. The number of nitrogens with one attached hydrogen (secondary N) is 2. The topological polar surface area (TPSA) is 58.2 Å². The highest BCUT2D eigenvalue weighted by Crippen LogP contribution is 2.23. The van der Waals surface area contributed by atoms with E-state index in [1.165, 1.54) is 11.3 Å². The minimum absolute atomic E-state index is 0.218. The third-order valence-electron chi connectivity index (χ3n) is 3.03. The Morgan fingerprint density at radius 2 is 2.14 bits per heavy atom. The molecule has 1 unspecified atom stereocenters. The molecule has 2 rings (SSSR count). The van der Waals surface area contributed by atoms with Crippen molar-refractivity contribution >= 4 is 32.7 Å². The van der Waals surface area contributed by atoms with E-state index in [0.717, 1.165) is 24.1 Å². The minimum Gasteiger partial charge on any atom is -0.313 e. The summed E-state index contributed by atoms with van der Waals surface area (Å²) in [6.45, 7) is 5.61. The average Bonchev–Trinajstić information content (AvgIpc) is 3.10. The van der Waals surface area contributed by atoms with Gasteiger partial charge in [-0.15, -0.1) is 11.3 Å². The summed E-state index contributed by atoms with van der Waals surface area (Å²) in [7, 11) is -3.45. The maximum atomic E-state index is 12.4. The summed E-state index contributed by atoms with van der Waals surface area (Å²) in [5.74, 6) is 0. The number of hydrogen-bond donors (Lipinski definition) is 2. The lowest BCUT2D eigenvalue weighted by atomic mass is 10.2. The SMILES string of the molecule is CCCNCc1csc(S(=O)(=O)NC(C)c2ccsc2)c1. The van der Waals surface area contributed by atoms with E-state index in [9.17, 15) is 8.42 Å². The molecule has 2 aromatic rings. The summed E-state index contributed by atoms with van der Waals surface area (Å²) >= 11 is 2.83. The van der Waals surface area contributed by atoms with Gasteiger partial charge in [0.2, 0.25) is 0 Å². The molecule has 2 N–H and O–H groups in total. The molecule has 116 valence electrons. The first-order valence-electron chi connectivity index (χ1n) is 6.85. The molecule has 0 amide bonds. The fraction of sp³-hybridized carbons (Fsp3) is 0.429. The fourth-order valence-corrected chi connectivity index (χ4v) is 5.09. The fourth-order valence-electron chi connectivity index (χ4n) is 1.88. The number of sulfonamides is 1. The van der Waals surface area contributed by atoms with Crippen molar-refractivity contribution in [2.45, 2.75) is 37.1 Å². The number of hydrogen-bond acceptors (Lipinski definition) is 5. The quantitative estimate of drug-likeness (QED) is 0.722. The Morgan fingerprint density at radius 1 is 1.33 bits per heavy atom. The van der Waals surface area contributed by atoms with E-state index >= 15 is 0 Å². The van der Waals surface area contributed by atoms with Crippen LogP contribution in [-0.4, -0.2) is 15.0 Å². The molecule has 21 heavy (non-hydrogen) atoms. The van der Waals surface area contributed by atoms with Gasteiger partial charge in [0.05, 0.1) is 0 Å². The van der Waals surface area contributed by atoms with E-state index in [1.807, 2.05) is 29.1 Å². The largest absolute Gasteiger partial charge is 0.313 e. The smallest absolute Gasteiger partial charge is 0.250 e. The van der Waals surface area contributed by atoms with Crippen LogP contribution in [0.4, 0.5) is 0 Å². The Hall–Kier alpha value is -0.730. The summed E-state index contributed by atoms with van der Waals surface area (Å²) in [5.41, 5.74) is 2.00. The predicted octanol–water partition coefficient (Wildman–Crippen LogP) is 3.35. The highest BCUT2D eigenvalue weighted by molar-refractivity contribution is 7.91. The first-order chi connectivity index (χ1) is 10.0. The number of thiophene rings is 2. The van der Waals surface area contributed by atoms with E-state index < -0.39 is 10.0 Å². The lowest BCUT2D eigenvalue weighted by Crippen LogP contribution is -2.26. The molecule has 0 spiro atoms. The maximum absolute atomic E-state index is 12.4. The molecule has 0 radical (unpaired) electrons. The van der Waals surface area contributed by atoms with Crippen LogP contribution in [0.3, 0.4) is 0 Å². The zero-order chi connectivity index (χ0) is 15.3. The number of rotatable bonds is 8.